The number of ether oxygens (including phenoxy) is 23. The summed E-state index contributed by atoms with van der Waals surface area (Å²) in [6.07, 6.45) is -10.7. The Labute approximate surface area is 541 Å². The average molecular weight is 1340 g/mol. The van der Waals surface area contributed by atoms with Crippen LogP contribution in [-0.2, 0) is 109 Å². The maximum Gasteiger partial charge on any atom is 0.184 e. The second kappa shape index (κ2) is 47.7. The second-order valence-electron chi connectivity index (χ2n) is 22.3. The lowest BCUT2D eigenvalue weighted by atomic mass is 9.99. The fourth-order valence-corrected chi connectivity index (χ4v) is 11.4. The third-order valence-corrected chi connectivity index (χ3v) is 16.2. The molecule has 30 heteroatoms. The van der Waals surface area contributed by atoms with Gasteiger partial charge in [0.05, 0.1) is 36.6 Å². The first-order valence-corrected chi connectivity index (χ1v) is 31.4. The number of aliphatic hydroxyl groups is 7. The molecule has 91 heavy (non-hydrogen) atoms. The van der Waals surface area contributed by atoms with Gasteiger partial charge in [0.25, 0.3) is 0 Å². The largest absolute Gasteiger partial charge is 0.388 e. The molecule has 30 atom stereocenters. The van der Waals surface area contributed by atoms with Crippen molar-refractivity contribution in [1.82, 2.24) is 0 Å². The highest BCUT2D eigenvalue weighted by molar-refractivity contribution is 4.94. The third-order valence-electron chi connectivity index (χ3n) is 16.2. The summed E-state index contributed by atoms with van der Waals surface area (Å²) < 4.78 is 122. The quantitative estimate of drug-likeness (QED) is 0.0629. The van der Waals surface area contributed by atoms with E-state index in [0.29, 0.717) is 26.4 Å². The molecule has 0 radical (unpaired) electrons. The lowest BCUT2D eigenvalue weighted by Gasteiger charge is -2.42. The Morgan fingerprint density at radius 1 is 0.231 bits per heavy atom. The van der Waals surface area contributed by atoms with Crippen molar-refractivity contribution in [3.63, 3.8) is 0 Å². The van der Waals surface area contributed by atoms with Crippen molar-refractivity contribution in [1.29, 1.82) is 0 Å². The van der Waals surface area contributed by atoms with Crippen LogP contribution in [0.5, 0.6) is 0 Å². The van der Waals surface area contributed by atoms with E-state index in [4.69, 9.17) is 109 Å². The van der Waals surface area contributed by atoms with E-state index in [9.17, 15) is 35.7 Å². The molecule has 0 saturated carbocycles. The first-order valence-electron chi connectivity index (χ1n) is 31.4. The molecule has 0 aromatic heterocycles. The van der Waals surface area contributed by atoms with E-state index in [0.717, 1.165) is 25.7 Å². The molecule has 0 aromatic rings. The summed E-state index contributed by atoms with van der Waals surface area (Å²) in [7, 11) is 20.1. The molecule has 6 fully saturated rings. The van der Waals surface area contributed by atoms with E-state index in [1.54, 1.807) is 49.6 Å². The van der Waals surface area contributed by atoms with Crippen LogP contribution >= 0.6 is 0 Å². The van der Waals surface area contributed by atoms with Crippen LogP contribution in [0.25, 0.3) is 0 Å². The van der Waals surface area contributed by atoms with Gasteiger partial charge < -0.3 is 145 Å². The topological polar surface area (TPSA) is 354 Å². The van der Waals surface area contributed by atoms with Gasteiger partial charge in [0.2, 0.25) is 0 Å². The van der Waals surface area contributed by atoms with Gasteiger partial charge in [-0.1, -0.05) is 27.2 Å². The van der Waals surface area contributed by atoms with E-state index in [2.05, 4.69) is 6.92 Å². The zero-order valence-corrected chi connectivity index (χ0v) is 58.5. The van der Waals surface area contributed by atoms with Crippen LogP contribution in [0, 0.1) is 0 Å². The number of rotatable bonds is 25. The highest BCUT2D eigenvalue weighted by atomic mass is 16.7. The van der Waals surface area contributed by atoms with Gasteiger partial charge in [-0.25, -0.2) is 0 Å². The van der Waals surface area contributed by atoms with Crippen LogP contribution < -0.4 is 0 Å². The summed E-state index contributed by atoms with van der Waals surface area (Å²) in [5, 5.41) is 67.5. The Bertz CT molecular complexity index is 1690. The van der Waals surface area contributed by atoms with E-state index < -0.39 is 92.7 Å². The Hall–Kier alpha value is -1.20. The van der Waals surface area contributed by atoms with Crippen molar-refractivity contribution in [3.05, 3.63) is 0 Å². The molecular weight excluding hydrogens is 1210 g/mol. The van der Waals surface area contributed by atoms with E-state index in [1.165, 1.54) is 49.8 Å². The number of hydrogen-bond donors (Lipinski definition) is 7. The van der Waals surface area contributed by atoms with Crippen LogP contribution in [0.3, 0.4) is 0 Å². The summed E-state index contributed by atoms with van der Waals surface area (Å²) in [5.74, 6) is 0. The van der Waals surface area contributed by atoms with E-state index >= 15 is 0 Å². The van der Waals surface area contributed by atoms with Gasteiger partial charge in [-0.3, -0.25) is 0 Å². The van der Waals surface area contributed by atoms with Crippen molar-refractivity contribution >= 4 is 0 Å². The average Bonchev–Trinajstić information content (AvgIpc) is 1.22. The van der Waals surface area contributed by atoms with Crippen molar-refractivity contribution in [2.75, 3.05) is 119 Å². The highest BCUT2D eigenvalue weighted by Crippen LogP contribution is 2.31. The molecule has 0 aliphatic carbocycles. The maximum atomic E-state index is 9.80. The van der Waals surface area contributed by atoms with Crippen LogP contribution in [0.4, 0.5) is 0 Å². The first kappa shape index (κ1) is 87.8. The van der Waals surface area contributed by atoms with Gasteiger partial charge in [-0.05, 0) is 67.7 Å². The van der Waals surface area contributed by atoms with Gasteiger partial charge in [-0.15, -0.1) is 0 Å². The second-order valence-corrected chi connectivity index (χ2v) is 22.3. The summed E-state index contributed by atoms with van der Waals surface area (Å²) in [6.45, 7) is 21.4. The molecule has 0 aromatic carbocycles. The standard InChI is InChI=1S/C12H24O5.2C11H22O5.C10H20O5.C9H18O5.C8H16O5/c1-5-6-7-16-10-9(14-3)8(2)17-12(13)11(10)15-4;1-5-6-15-8-7(2)16-11(12)10(14-4)9(8)13-3;1-5-6-15-9-8(13-3)7(2)16-11(12)10(9)14-4;1-5-14-8-7(12-3)6(2)15-10(11)9(8)13-4;1-5-6(11-2)7(12-3)8(13-4)9(10)14-5;1-4-5(9)6(11-2)7(12-3)8(10)13-4/h8-13H,5-7H2,1-4H3;2*7-12H,5-6H2,1-4H3;6-11H,5H2,1-4H3;5-10H,1-4H3;4-10H,1-3H3/t8-,9-,10+,11+,12?;2*7-,8-,9+,10+,11?;6-,7-,8+,9+,10?;5-,6-,7+,8+,9?;4-,5-,6+,7+,8?/m000000/s1. The Morgan fingerprint density at radius 3 is 0.725 bits per heavy atom. The Morgan fingerprint density at radius 2 is 0.451 bits per heavy atom. The number of methoxy groups -OCH3 is 13. The summed E-state index contributed by atoms with van der Waals surface area (Å²) >= 11 is 0. The van der Waals surface area contributed by atoms with Gasteiger partial charge in [0.1, 0.15) is 110 Å². The van der Waals surface area contributed by atoms with Crippen molar-refractivity contribution in [2.45, 2.75) is 279 Å². The fourth-order valence-electron chi connectivity index (χ4n) is 11.4. The van der Waals surface area contributed by atoms with Crippen LogP contribution in [0.2, 0.25) is 0 Å². The molecule has 7 N–H and O–H groups in total. The monoisotopic (exact) mass is 1330 g/mol. The molecule has 0 bridgehead atoms. The maximum absolute atomic E-state index is 9.80. The van der Waals surface area contributed by atoms with Crippen LogP contribution in [0.15, 0.2) is 0 Å². The molecule has 6 aliphatic heterocycles. The normalized spacial score (nSPS) is 41.5. The number of hydrogen-bond acceptors (Lipinski definition) is 30. The molecular formula is C61H122O30. The predicted octanol–water partition coefficient (Wildman–Crippen LogP) is 1.08. The minimum atomic E-state index is -1.05. The van der Waals surface area contributed by atoms with Crippen molar-refractivity contribution < 1.29 is 145 Å². The molecule has 6 aliphatic rings. The SMILES string of the molecule is CCCCO[C@@H]1[C@@H](OC)[C@H](C)OC(O)[C@@H]1OC.CCCO[C@@H]1[C@@H](OC)[C@@H](OC)C(O)O[C@H]1C.CCCO[C@@H]1[C@@H](OC)[C@H](C)OC(O)[C@@H]1OC.CCO[C@@H]1[C@@H](OC)[C@H](C)OC(O)[C@@H]1OC.CO[C@@H]1[C@@H](O)[C@H](C)OC(O)[C@@H]1OC.CO[C@@H]1[C@@H](OC)[C@@H](OC)C(O)O[C@H]1C. The zero-order valence-electron chi connectivity index (χ0n) is 58.5. The zero-order chi connectivity index (χ0) is 69.2. The minimum absolute atomic E-state index is 0.210. The lowest BCUT2D eigenvalue weighted by molar-refractivity contribution is -0.295. The van der Waals surface area contributed by atoms with Crippen LogP contribution in [-0.4, -0.2) is 339 Å². The van der Waals surface area contributed by atoms with E-state index in [1.807, 2.05) is 55.4 Å². The third kappa shape index (κ3) is 25.9. The molecule has 6 unspecified atom stereocenters. The molecule has 30 nitrogen and oxygen atoms in total. The molecule has 6 saturated heterocycles. The van der Waals surface area contributed by atoms with Gasteiger partial charge in [0.15, 0.2) is 37.7 Å². The highest BCUT2D eigenvalue weighted by Gasteiger charge is 2.50. The van der Waals surface area contributed by atoms with Gasteiger partial charge in [0, 0.05) is 119 Å². The molecule has 6 rings (SSSR count). The van der Waals surface area contributed by atoms with Crippen molar-refractivity contribution in [2.24, 2.45) is 0 Å². The predicted molar refractivity (Wildman–Crippen MR) is 326 cm³/mol. The smallest absolute Gasteiger partial charge is 0.184 e. The molecule has 6 heterocycles. The minimum Gasteiger partial charge on any atom is -0.388 e. The molecule has 0 spiro atoms. The molecule has 546 valence electrons. The van der Waals surface area contributed by atoms with Crippen LogP contribution in [0.1, 0.15) is 94.9 Å². The van der Waals surface area contributed by atoms with Gasteiger partial charge in [-0.2, -0.15) is 0 Å². The number of aliphatic hydroxyl groups excluding tert-OH is 7. The fraction of sp³-hybridized carbons (Fsp3) is 1.00. The Kier molecular flexibility index (Phi) is 46.0. The first-order chi connectivity index (χ1) is 43.4. The summed E-state index contributed by atoms with van der Waals surface area (Å²) in [6, 6.07) is 0. The summed E-state index contributed by atoms with van der Waals surface area (Å²) in [4.78, 5) is 0. The summed E-state index contributed by atoms with van der Waals surface area (Å²) in [5.41, 5.74) is 0. The Balaban J connectivity index is 0.000000547. The van der Waals surface area contributed by atoms with E-state index in [-0.39, 0.29) is 91.6 Å². The van der Waals surface area contributed by atoms with Crippen molar-refractivity contribution in [3.8, 4) is 0 Å². The number of unbranched alkanes of at least 4 members (excludes halogenated alkanes) is 1. The van der Waals surface area contributed by atoms with Gasteiger partial charge >= 0.3 is 0 Å². The molecule has 0 amide bonds. The lowest BCUT2D eigenvalue weighted by Crippen LogP contribution is -2.59.